The molecule has 0 saturated carbocycles. The Kier molecular flexibility index (Phi) is 3.31. The fraction of sp³-hybridized carbons (Fsp3) is 0.182. The zero-order valence-corrected chi connectivity index (χ0v) is 9.15. The minimum Gasteiger partial charge on any atom is -0.339 e. The van der Waals surface area contributed by atoms with Crippen molar-refractivity contribution in [1.82, 2.24) is 10.1 Å². The first-order valence-corrected chi connectivity index (χ1v) is 5.15. The van der Waals surface area contributed by atoms with Gasteiger partial charge < -0.3 is 9.32 Å². The maximum Gasteiger partial charge on any atom is 0.233 e. The molecule has 2 rings (SSSR count). The van der Waals surface area contributed by atoms with E-state index < -0.39 is 0 Å². The van der Waals surface area contributed by atoms with Gasteiger partial charge in [-0.05, 0) is 17.7 Å². The Morgan fingerprint density at radius 1 is 1.44 bits per heavy atom. The van der Waals surface area contributed by atoms with Gasteiger partial charge in [0.15, 0.2) is 5.82 Å². The van der Waals surface area contributed by atoms with Crippen LogP contribution in [-0.4, -0.2) is 16.4 Å². The lowest BCUT2D eigenvalue weighted by Gasteiger charge is -1.96. The van der Waals surface area contributed by atoms with E-state index in [1.54, 1.807) is 6.07 Å². The average molecular weight is 237 g/mol. The summed E-state index contributed by atoms with van der Waals surface area (Å²) in [5.41, 5.74) is 1.01. The highest BCUT2D eigenvalue weighted by molar-refractivity contribution is 6.30. The molecule has 1 aromatic carbocycles. The summed E-state index contributed by atoms with van der Waals surface area (Å²) in [6.45, 7) is 0. The van der Waals surface area contributed by atoms with Crippen LogP contribution in [0.2, 0.25) is 5.02 Å². The van der Waals surface area contributed by atoms with Crippen LogP contribution >= 0.6 is 11.6 Å². The molecule has 2 aromatic rings. The summed E-state index contributed by atoms with van der Waals surface area (Å²) in [5.74, 6) is 0.895. The van der Waals surface area contributed by atoms with Crippen LogP contribution in [0.4, 0.5) is 0 Å². The molecule has 0 fully saturated rings. The van der Waals surface area contributed by atoms with E-state index >= 15 is 0 Å². The summed E-state index contributed by atoms with van der Waals surface area (Å²) >= 11 is 5.86. The van der Waals surface area contributed by atoms with Crippen LogP contribution in [0.5, 0.6) is 0 Å². The molecule has 5 heteroatoms. The molecule has 0 aliphatic heterocycles. The van der Waals surface area contributed by atoms with Gasteiger partial charge in [-0.25, -0.2) is 0 Å². The Bertz CT molecular complexity index is 496. The fourth-order valence-electron chi connectivity index (χ4n) is 1.35. The quantitative estimate of drug-likeness (QED) is 0.763. The lowest BCUT2D eigenvalue weighted by atomic mass is 10.1. The lowest BCUT2D eigenvalue weighted by molar-refractivity contribution is -0.107. The Hall–Kier alpha value is -1.68. The van der Waals surface area contributed by atoms with Crippen LogP contribution < -0.4 is 0 Å². The standard InChI is InChI=1S/C11H9ClN2O2/c12-9-3-1-2-8(6-9)7-10-13-11(4-5-15)16-14-10/h1-3,5-6H,4,7H2. The Morgan fingerprint density at radius 2 is 2.31 bits per heavy atom. The zero-order valence-electron chi connectivity index (χ0n) is 8.39. The summed E-state index contributed by atoms with van der Waals surface area (Å²) < 4.78 is 4.88. The van der Waals surface area contributed by atoms with E-state index in [2.05, 4.69) is 10.1 Å². The minimum absolute atomic E-state index is 0.155. The number of aldehydes is 1. The largest absolute Gasteiger partial charge is 0.339 e. The number of hydrogen-bond donors (Lipinski definition) is 0. The predicted octanol–water partition coefficient (Wildman–Crippen LogP) is 2.06. The minimum atomic E-state index is 0.155. The molecule has 0 amide bonds. The van der Waals surface area contributed by atoms with E-state index in [9.17, 15) is 4.79 Å². The van der Waals surface area contributed by atoms with Crippen molar-refractivity contribution in [2.24, 2.45) is 0 Å². The van der Waals surface area contributed by atoms with Gasteiger partial charge in [0.1, 0.15) is 6.29 Å². The van der Waals surface area contributed by atoms with Crippen molar-refractivity contribution in [1.29, 1.82) is 0 Å². The lowest BCUT2D eigenvalue weighted by Crippen LogP contribution is -1.91. The smallest absolute Gasteiger partial charge is 0.233 e. The molecule has 0 bridgehead atoms. The van der Waals surface area contributed by atoms with Crippen molar-refractivity contribution in [2.45, 2.75) is 12.8 Å². The third-order valence-corrected chi connectivity index (χ3v) is 2.25. The van der Waals surface area contributed by atoms with Crippen molar-refractivity contribution in [3.05, 3.63) is 46.6 Å². The van der Waals surface area contributed by atoms with Crippen molar-refractivity contribution >= 4 is 17.9 Å². The highest BCUT2D eigenvalue weighted by atomic mass is 35.5. The summed E-state index contributed by atoms with van der Waals surface area (Å²) in [6.07, 6.45) is 1.43. The first-order valence-electron chi connectivity index (χ1n) is 4.77. The molecule has 1 aromatic heterocycles. The number of carbonyl (C=O) groups is 1. The van der Waals surface area contributed by atoms with E-state index in [4.69, 9.17) is 16.1 Å². The normalized spacial score (nSPS) is 10.3. The van der Waals surface area contributed by atoms with E-state index in [1.165, 1.54) is 0 Å². The highest BCUT2D eigenvalue weighted by Crippen LogP contribution is 2.13. The van der Waals surface area contributed by atoms with Crippen LogP contribution in [0, 0.1) is 0 Å². The van der Waals surface area contributed by atoms with Crippen LogP contribution in [0.15, 0.2) is 28.8 Å². The van der Waals surface area contributed by atoms with Crippen LogP contribution in [0.3, 0.4) is 0 Å². The van der Waals surface area contributed by atoms with Gasteiger partial charge in [0, 0.05) is 11.4 Å². The summed E-state index contributed by atoms with van der Waals surface area (Å²) in [6, 6.07) is 7.45. The molecule has 82 valence electrons. The molecule has 0 unspecified atom stereocenters. The van der Waals surface area contributed by atoms with Crippen LogP contribution in [0.1, 0.15) is 17.3 Å². The number of nitrogens with zero attached hydrogens (tertiary/aromatic N) is 2. The number of halogens is 1. The molecular formula is C11H9ClN2O2. The molecular weight excluding hydrogens is 228 g/mol. The third kappa shape index (κ3) is 2.67. The predicted molar refractivity (Wildman–Crippen MR) is 58.3 cm³/mol. The van der Waals surface area contributed by atoms with Crippen molar-refractivity contribution in [3.8, 4) is 0 Å². The molecule has 0 radical (unpaired) electrons. The maximum absolute atomic E-state index is 10.2. The maximum atomic E-state index is 10.2. The summed E-state index contributed by atoms with van der Waals surface area (Å²) in [7, 11) is 0. The molecule has 4 nitrogen and oxygen atoms in total. The topological polar surface area (TPSA) is 56.0 Å². The van der Waals surface area contributed by atoms with Gasteiger partial charge in [-0.3, -0.25) is 0 Å². The number of carbonyl (C=O) groups excluding carboxylic acids is 1. The molecule has 0 aliphatic carbocycles. The van der Waals surface area contributed by atoms with E-state index in [0.717, 1.165) is 11.8 Å². The van der Waals surface area contributed by atoms with Gasteiger partial charge in [0.05, 0.1) is 6.42 Å². The van der Waals surface area contributed by atoms with E-state index in [-0.39, 0.29) is 6.42 Å². The van der Waals surface area contributed by atoms with Crippen molar-refractivity contribution in [3.63, 3.8) is 0 Å². The molecule has 0 aliphatic rings. The second kappa shape index (κ2) is 4.90. The Labute approximate surface area is 97.2 Å². The Morgan fingerprint density at radius 3 is 3.06 bits per heavy atom. The fourth-order valence-corrected chi connectivity index (χ4v) is 1.56. The van der Waals surface area contributed by atoms with Gasteiger partial charge in [-0.2, -0.15) is 4.98 Å². The molecule has 1 heterocycles. The van der Waals surface area contributed by atoms with Gasteiger partial charge >= 0.3 is 0 Å². The van der Waals surface area contributed by atoms with Gasteiger partial charge in [-0.1, -0.05) is 28.9 Å². The first kappa shape index (κ1) is 10.8. The van der Waals surface area contributed by atoms with Crippen molar-refractivity contribution < 1.29 is 9.32 Å². The second-order valence-electron chi connectivity index (χ2n) is 3.28. The van der Waals surface area contributed by atoms with E-state index in [0.29, 0.717) is 23.2 Å². The average Bonchev–Trinajstić information content (AvgIpc) is 2.66. The zero-order chi connectivity index (χ0) is 11.4. The molecule has 0 spiro atoms. The number of hydrogen-bond acceptors (Lipinski definition) is 4. The SMILES string of the molecule is O=CCc1nc(Cc2cccc(Cl)c2)no1. The second-order valence-corrected chi connectivity index (χ2v) is 3.72. The van der Waals surface area contributed by atoms with Crippen LogP contribution in [-0.2, 0) is 17.6 Å². The van der Waals surface area contributed by atoms with Gasteiger partial charge in [0.25, 0.3) is 0 Å². The molecule has 0 N–H and O–H groups in total. The summed E-state index contributed by atoms with van der Waals surface area (Å²) in [4.78, 5) is 14.3. The number of benzene rings is 1. The monoisotopic (exact) mass is 236 g/mol. The molecule has 0 atom stereocenters. The molecule has 16 heavy (non-hydrogen) atoms. The van der Waals surface area contributed by atoms with Crippen molar-refractivity contribution in [2.75, 3.05) is 0 Å². The molecule has 0 saturated heterocycles. The van der Waals surface area contributed by atoms with Crippen LogP contribution in [0.25, 0.3) is 0 Å². The third-order valence-electron chi connectivity index (χ3n) is 2.02. The van der Waals surface area contributed by atoms with E-state index in [1.807, 2.05) is 18.2 Å². The Balaban J connectivity index is 2.11. The summed E-state index contributed by atoms with van der Waals surface area (Å²) in [5, 5.41) is 4.45. The first-order chi connectivity index (χ1) is 7.78. The number of rotatable bonds is 4. The van der Waals surface area contributed by atoms with Gasteiger partial charge in [0.2, 0.25) is 5.89 Å². The van der Waals surface area contributed by atoms with Gasteiger partial charge in [-0.15, -0.1) is 0 Å². The highest BCUT2D eigenvalue weighted by Gasteiger charge is 2.06. The number of aromatic nitrogens is 2.